The van der Waals surface area contributed by atoms with Crippen molar-refractivity contribution >= 4 is 54.5 Å². The molecule has 1 aromatic heterocycles. The largest absolute Gasteiger partial charge is 0.339 e. The van der Waals surface area contributed by atoms with E-state index >= 15 is 0 Å². The number of hydrogen-bond acceptors (Lipinski definition) is 5. The van der Waals surface area contributed by atoms with E-state index in [9.17, 15) is 4.79 Å². The van der Waals surface area contributed by atoms with Crippen molar-refractivity contribution in [2.45, 2.75) is 13.5 Å². The molecule has 0 saturated carbocycles. The fraction of sp³-hybridized carbons (Fsp3) is 0.636. The van der Waals surface area contributed by atoms with Crippen LogP contribution >= 0.6 is 48.6 Å². The Bertz CT molecular complexity index is 397. The van der Waals surface area contributed by atoms with Gasteiger partial charge in [-0.15, -0.1) is 48.6 Å². The van der Waals surface area contributed by atoms with Crippen LogP contribution in [0.1, 0.15) is 10.7 Å². The average Bonchev–Trinajstić information content (AvgIpc) is 2.75. The van der Waals surface area contributed by atoms with Gasteiger partial charge in [0.2, 0.25) is 5.91 Å². The van der Waals surface area contributed by atoms with Crippen LogP contribution in [0.4, 0.5) is 0 Å². The lowest BCUT2D eigenvalue weighted by molar-refractivity contribution is -0.131. The molecular weight excluding hydrogens is 343 g/mol. The highest BCUT2D eigenvalue weighted by Gasteiger charge is 2.20. The molecule has 0 unspecified atom stereocenters. The second-order valence-electron chi connectivity index (χ2n) is 4.22. The van der Waals surface area contributed by atoms with Crippen LogP contribution in [0.25, 0.3) is 0 Å². The second kappa shape index (κ2) is 10.6. The number of nitrogens with zero attached hydrogens (tertiary/aromatic N) is 3. The molecule has 1 aliphatic heterocycles. The normalized spacial score (nSPS) is 14.8. The Hall–Kier alpha value is -0.110. The van der Waals surface area contributed by atoms with Gasteiger partial charge in [0.15, 0.2) is 0 Å². The van der Waals surface area contributed by atoms with Gasteiger partial charge in [0.1, 0.15) is 0 Å². The molecule has 0 atom stereocenters. The summed E-state index contributed by atoms with van der Waals surface area (Å²) in [5.74, 6) is 0.0501. The van der Waals surface area contributed by atoms with Crippen LogP contribution in [0, 0.1) is 6.92 Å². The molecule has 1 fully saturated rings. The molecule has 1 saturated heterocycles. The molecule has 2 heterocycles. The topological polar surface area (TPSA) is 62.5 Å². The predicted molar refractivity (Wildman–Crippen MR) is 89.5 cm³/mol. The number of halogens is 3. The van der Waals surface area contributed by atoms with E-state index < -0.39 is 0 Å². The molecule has 0 aliphatic carbocycles. The maximum atomic E-state index is 11.4. The minimum Gasteiger partial charge on any atom is -0.339 e. The van der Waals surface area contributed by atoms with Crippen molar-refractivity contribution in [3.63, 3.8) is 0 Å². The summed E-state index contributed by atoms with van der Waals surface area (Å²) in [7, 11) is 0. The highest BCUT2D eigenvalue weighted by Crippen LogP contribution is 2.12. The highest BCUT2D eigenvalue weighted by atomic mass is 35.5. The van der Waals surface area contributed by atoms with E-state index in [0.717, 1.165) is 43.4 Å². The Labute approximate surface area is 142 Å². The van der Waals surface area contributed by atoms with E-state index in [-0.39, 0.29) is 49.7 Å². The maximum Gasteiger partial charge on any atom is 0.236 e. The van der Waals surface area contributed by atoms with Gasteiger partial charge in [0.25, 0.3) is 0 Å². The van der Waals surface area contributed by atoms with Gasteiger partial charge in [-0.25, -0.2) is 4.98 Å². The van der Waals surface area contributed by atoms with Crippen molar-refractivity contribution in [1.82, 2.24) is 14.8 Å². The zero-order valence-corrected chi connectivity index (χ0v) is 14.5. The summed E-state index contributed by atoms with van der Waals surface area (Å²) in [4.78, 5) is 20.0. The number of nitrogens with two attached hydrogens (primary N) is 1. The van der Waals surface area contributed by atoms with Crippen molar-refractivity contribution in [1.29, 1.82) is 0 Å². The highest BCUT2D eigenvalue weighted by molar-refractivity contribution is 7.09. The number of thiazole rings is 1. The Morgan fingerprint density at radius 3 is 2.35 bits per heavy atom. The van der Waals surface area contributed by atoms with Gasteiger partial charge in [-0.2, -0.15) is 0 Å². The number of aromatic nitrogens is 1. The molecule has 0 bridgehead atoms. The first-order chi connectivity index (χ1) is 8.19. The number of rotatable bonds is 3. The molecule has 1 amide bonds. The van der Waals surface area contributed by atoms with Gasteiger partial charge in [0.05, 0.1) is 17.2 Å². The first kappa shape index (κ1) is 22.2. The minimum absolute atomic E-state index is 0. The maximum absolute atomic E-state index is 11.4. The zero-order valence-electron chi connectivity index (χ0n) is 11.3. The van der Waals surface area contributed by atoms with Gasteiger partial charge in [0, 0.05) is 38.1 Å². The summed E-state index contributed by atoms with van der Waals surface area (Å²) in [6, 6.07) is 0. The van der Waals surface area contributed by atoms with E-state index in [0.29, 0.717) is 0 Å². The van der Waals surface area contributed by atoms with Gasteiger partial charge in [-0.1, -0.05) is 0 Å². The van der Waals surface area contributed by atoms with E-state index in [1.807, 2.05) is 11.8 Å². The quantitative estimate of drug-likeness (QED) is 0.880. The fourth-order valence-electron chi connectivity index (χ4n) is 1.99. The number of carbonyl (C=O) groups is 1. The van der Waals surface area contributed by atoms with Crippen LogP contribution < -0.4 is 5.73 Å². The molecule has 0 spiro atoms. The SMILES string of the molecule is Cc1nc(CN2CCN(C(=O)CN)CC2)cs1.Cl.Cl.Cl. The van der Waals surface area contributed by atoms with Gasteiger partial charge >= 0.3 is 0 Å². The number of piperazine rings is 1. The molecule has 2 N–H and O–H groups in total. The summed E-state index contributed by atoms with van der Waals surface area (Å²) >= 11 is 1.68. The summed E-state index contributed by atoms with van der Waals surface area (Å²) in [6.45, 7) is 6.38. The molecule has 1 aliphatic rings. The lowest BCUT2D eigenvalue weighted by Gasteiger charge is -2.34. The van der Waals surface area contributed by atoms with Crippen molar-refractivity contribution in [3.8, 4) is 0 Å². The third-order valence-electron chi connectivity index (χ3n) is 2.95. The number of hydrogen-bond donors (Lipinski definition) is 1. The zero-order chi connectivity index (χ0) is 12.3. The van der Waals surface area contributed by atoms with Crippen molar-refractivity contribution in [3.05, 3.63) is 16.1 Å². The monoisotopic (exact) mass is 362 g/mol. The van der Waals surface area contributed by atoms with Crippen molar-refractivity contribution < 1.29 is 4.79 Å². The smallest absolute Gasteiger partial charge is 0.236 e. The van der Waals surface area contributed by atoms with Crippen molar-refractivity contribution in [2.75, 3.05) is 32.7 Å². The third-order valence-corrected chi connectivity index (χ3v) is 3.77. The lowest BCUT2D eigenvalue weighted by Crippen LogP contribution is -2.49. The molecule has 1 aromatic rings. The molecule has 5 nitrogen and oxygen atoms in total. The molecule has 0 aromatic carbocycles. The van der Waals surface area contributed by atoms with Crippen LogP contribution in [0.5, 0.6) is 0 Å². The lowest BCUT2D eigenvalue weighted by atomic mass is 10.3. The van der Waals surface area contributed by atoms with Gasteiger partial charge < -0.3 is 10.6 Å². The molecule has 9 heteroatoms. The predicted octanol–water partition coefficient (Wildman–Crippen LogP) is 1.32. The molecular formula is C11H21Cl3N4OS. The molecule has 118 valence electrons. The molecule has 0 radical (unpaired) electrons. The number of carbonyl (C=O) groups excluding carboxylic acids is 1. The Kier molecular flexibility index (Phi) is 11.7. The van der Waals surface area contributed by atoms with Crippen LogP contribution in [0.3, 0.4) is 0 Å². The first-order valence-corrected chi connectivity index (χ1v) is 6.68. The average molecular weight is 364 g/mol. The van der Waals surface area contributed by atoms with E-state index in [1.54, 1.807) is 11.3 Å². The van der Waals surface area contributed by atoms with Crippen LogP contribution in [-0.2, 0) is 11.3 Å². The fourth-order valence-corrected chi connectivity index (χ4v) is 2.60. The third kappa shape index (κ3) is 6.11. The Balaban J connectivity index is 0. The summed E-state index contributed by atoms with van der Waals surface area (Å²) < 4.78 is 0. The van der Waals surface area contributed by atoms with Crippen molar-refractivity contribution in [2.24, 2.45) is 5.73 Å². The summed E-state index contributed by atoms with van der Waals surface area (Å²) in [5.41, 5.74) is 6.48. The summed E-state index contributed by atoms with van der Waals surface area (Å²) in [5, 5.41) is 3.21. The molecule has 20 heavy (non-hydrogen) atoms. The number of amides is 1. The van der Waals surface area contributed by atoms with Gasteiger partial charge in [-0.05, 0) is 6.92 Å². The van der Waals surface area contributed by atoms with E-state index in [1.165, 1.54) is 0 Å². The first-order valence-electron chi connectivity index (χ1n) is 5.80. The van der Waals surface area contributed by atoms with Crippen LogP contribution in [0.2, 0.25) is 0 Å². The van der Waals surface area contributed by atoms with Crippen LogP contribution in [-0.4, -0.2) is 53.4 Å². The Morgan fingerprint density at radius 2 is 1.90 bits per heavy atom. The van der Waals surface area contributed by atoms with E-state index in [4.69, 9.17) is 5.73 Å². The van der Waals surface area contributed by atoms with E-state index in [2.05, 4.69) is 15.3 Å². The van der Waals surface area contributed by atoms with Crippen LogP contribution in [0.15, 0.2) is 5.38 Å². The standard InChI is InChI=1S/C11H18N4OS.3ClH/c1-9-13-10(8-17-9)7-14-2-4-15(5-3-14)11(16)6-12;;;/h8H,2-7,12H2,1H3;3*1H. The minimum atomic E-state index is 0. The summed E-state index contributed by atoms with van der Waals surface area (Å²) in [6.07, 6.45) is 0. The second-order valence-corrected chi connectivity index (χ2v) is 5.28. The molecule has 2 rings (SSSR count). The van der Waals surface area contributed by atoms with Gasteiger partial charge in [-0.3, -0.25) is 9.69 Å². The Morgan fingerprint density at radius 1 is 1.30 bits per heavy atom. The number of aryl methyl sites for hydroxylation is 1.